The van der Waals surface area contributed by atoms with Crippen LogP contribution in [0, 0.1) is 0 Å². The quantitative estimate of drug-likeness (QED) is 0.575. The van der Waals surface area contributed by atoms with E-state index in [0.29, 0.717) is 6.10 Å². The van der Waals surface area contributed by atoms with Gasteiger partial charge in [0.05, 0.1) is 6.10 Å². The summed E-state index contributed by atoms with van der Waals surface area (Å²) in [6, 6.07) is 0. The molecule has 90 valence electrons. The molecule has 0 aromatic rings. The van der Waals surface area contributed by atoms with Gasteiger partial charge in [-0.15, -0.1) is 0 Å². The molecule has 0 bridgehead atoms. The highest BCUT2D eigenvalue weighted by Crippen LogP contribution is 2.09. The van der Waals surface area contributed by atoms with Crippen molar-refractivity contribution in [3.63, 3.8) is 0 Å². The summed E-state index contributed by atoms with van der Waals surface area (Å²) in [5.41, 5.74) is 0. The molecule has 1 fully saturated rings. The predicted octanol–water partition coefficient (Wildman–Crippen LogP) is 3.07. The zero-order chi connectivity index (χ0) is 10.9. The molecule has 0 radical (unpaired) electrons. The van der Waals surface area contributed by atoms with E-state index < -0.39 is 0 Å². The van der Waals surface area contributed by atoms with E-state index in [1.54, 1.807) is 0 Å². The van der Waals surface area contributed by atoms with E-state index in [1.165, 1.54) is 51.7 Å². The average Bonchev–Trinajstić information content (AvgIpc) is 2.75. The van der Waals surface area contributed by atoms with Gasteiger partial charge in [0.15, 0.2) is 0 Å². The first-order chi connectivity index (χ1) is 7.36. The van der Waals surface area contributed by atoms with Gasteiger partial charge in [-0.1, -0.05) is 20.3 Å². The third-order valence-electron chi connectivity index (χ3n) is 3.24. The molecule has 2 heteroatoms. The molecule has 1 aliphatic rings. The maximum Gasteiger partial charge on any atom is 0.0572 e. The average molecular weight is 213 g/mol. The molecule has 1 unspecified atom stereocenters. The lowest BCUT2D eigenvalue weighted by molar-refractivity contribution is 0.0395. The van der Waals surface area contributed by atoms with Crippen LogP contribution in [0.5, 0.6) is 0 Å². The summed E-state index contributed by atoms with van der Waals surface area (Å²) in [7, 11) is 0. The molecule has 0 N–H and O–H groups in total. The Morgan fingerprint density at radius 2 is 1.93 bits per heavy atom. The van der Waals surface area contributed by atoms with E-state index >= 15 is 0 Å². The van der Waals surface area contributed by atoms with Crippen molar-refractivity contribution in [2.45, 2.75) is 58.5 Å². The van der Waals surface area contributed by atoms with Crippen molar-refractivity contribution in [1.82, 2.24) is 4.90 Å². The Bertz CT molecular complexity index is 143. The molecule has 0 aromatic heterocycles. The lowest BCUT2D eigenvalue weighted by Gasteiger charge is -2.17. The normalized spacial score (nSPS) is 19.6. The van der Waals surface area contributed by atoms with E-state index in [4.69, 9.17) is 4.74 Å². The van der Waals surface area contributed by atoms with E-state index in [0.717, 1.165) is 13.0 Å². The second-order valence-electron chi connectivity index (χ2n) is 4.59. The van der Waals surface area contributed by atoms with Crippen LogP contribution in [0.2, 0.25) is 0 Å². The zero-order valence-electron chi connectivity index (χ0n) is 10.5. The Morgan fingerprint density at radius 3 is 2.53 bits per heavy atom. The number of rotatable bonds is 8. The summed E-state index contributed by atoms with van der Waals surface area (Å²) in [5, 5.41) is 0. The summed E-state index contributed by atoms with van der Waals surface area (Å²) in [5.74, 6) is 0. The van der Waals surface area contributed by atoms with E-state index in [-0.39, 0.29) is 0 Å². The summed E-state index contributed by atoms with van der Waals surface area (Å²) < 4.78 is 5.86. The standard InChI is InChI=1S/C13H27NO/c1-3-8-13(4-2)15-12-7-11-14-9-5-6-10-14/h13H,3-12H2,1-2H3. The molecule has 15 heavy (non-hydrogen) atoms. The van der Waals surface area contributed by atoms with E-state index in [1.807, 2.05) is 0 Å². The minimum Gasteiger partial charge on any atom is -0.378 e. The molecule has 1 heterocycles. The number of likely N-dealkylation sites (tertiary alicyclic amines) is 1. The third kappa shape index (κ3) is 5.53. The molecule has 0 aliphatic carbocycles. The van der Waals surface area contributed by atoms with Crippen LogP contribution < -0.4 is 0 Å². The van der Waals surface area contributed by atoms with E-state index in [2.05, 4.69) is 18.7 Å². The first-order valence-corrected chi connectivity index (χ1v) is 6.70. The minimum atomic E-state index is 0.508. The minimum absolute atomic E-state index is 0.508. The highest BCUT2D eigenvalue weighted by atomic mass is 16.5. The third-order valence-corrected chi connectivity index (χ3v) is 3.24. The maximum absolute atomic E-state index is 5.86. The van der Waals surface area contributed by atoms with Gasteiger partial charge in [-0.25, -0.2) is 0 Å². The van der Waals surface area contributed by atoms with Crippen LogP contribution in [-0.2, 0) is 4.74 Å². The Balaban J connectivity index is 1.94. The van der Waals surface area contributed by atoms with Gasteiger partial charge in [-0.05, 0) is 45.2 Å². The Hall–Kier alpha value is -0.0800. The molecular formula is C13H27NO. The van der Waals surface area contributed by atoms with Gasteiger partial charge in [-0.3, -0.25) is 0 Å². The van der Waals surface area contributed by atoms with Crippen molar-refractivity contribution in [2.75, 3.05) is 26.2 Å². The Kier molecular flexibility index (Phi) is 7.03. The lowest BCUT2D eigenvalue weighted by Crippen LogP contribution is -2.22. The highest BCUT2D eigenvalue weighted by Gasteiger charge is 2.11. The van der Waals surface area contributed by atoms with Crippen molar-refractivity contribution in [1.29, 1.82) is 0 Å². The van der Waals surface area contributed by atoms with Crippen LogP contribution in [-0.4, -0.2) is 37.2 Å². The van der Waals surface area contributed by atoms with Gasteiger partial charge in [0.25, 0.3) is 0 Å². The molecule has 1 rings (SSSR count). The largest absolute Gasteiger partial charge is 0.378 e. The van der Waals surface area contributed by atoms with Crippen molar-refractivity contribution in [3.05, 3.63) is 0 Å². The fraction of sp³-hybridized carbons (Fsp3) is 1.00. The smallest absolute Gasteiger partial charge is 0.0572 e. The van der Waals surface area contributed by atoms with Crippen molar-refractivity contribution in [3.8, 4) is 0 Å². The highest BCUT2D eigenvalue weighted by molar-refractivity contribution is 4.65. The second kappa shape index (κ2) is 8.12. The summed E-state index contributed by atoms with van der Waals surface area (Å²) in [6.07, 6.45) is 8.14. The molecule has 0 amide bonds. The van der Waals surface area contributed by atoms with Gasteiger partial charge < -0.3 is 9.64 Å². The van der Waals surface area contributed by atoms with Crippen molar-refractivity contribution < 1.29 is 4.74 Å². The summed E-state index contributed by atoms with van der Waals surface area (Å²) >= 11 is 0. The van der Waals surface area contributed by atoms with Crippen LogP contribution in [0.25, 0.3) is 0 Å². The number of ether oxygens (including phenoxy) is 1. The molecular weight excluding hydrogens is 186 g/mol. The predicted molar refractivity (Wildman–Crippen MR) is 65.2 cm³/mol. The SMILES string of the molecule is CCCC(CC)OCCCN1CCCC1. The molecule has 1 aliphatic heterocycles. The van der Waals surface area contributed by atoms with Gasteiger partial charge in [0, 0.05) is 13.2 Å². The van der Waals surface area contributed by atoms with Crippen LogP contribution in [0.15, 0.2) is 0 Å². The number of hydrogen-bond donors (Lipinski definition) is 0. The van der Waals surface area contributed by atoms with Gasteiger partial charge in [0.2, 0.25) is 0 Å². The Labute approximate surface area is 95.0 Å². The Morgan fingerprint density at radius 1 is 1.20 bits per heavy atom. The first-order valence-electron chi connectivity index (χ1n) is 6.70. The number of hydrogen-bond acceptors (Lipinski definition) is 2. The van der Waals surface area contributed by atoms with Gasteiger partial charge >= 0.3 is 0 Å². The van der Waals surface area contributed by atoms with Crippen LogP contribution in [0.1, 0.15) is 52.4 Å². The first kappa shape index (κ1) is 13.0. The molecule has 2 nitrogen and oxygen atoms in total. The second-order valence-corrected chi connectivity index (χ2v) is 4.59. The molecule has 1 saturated heterocycles. The van der Waals surface area contributed by atoms with Crippen LogP contribution in [0.3, 0.4) is 0 Å². The van der Waals surface area contributed by atoms with Crippen LogP contribution >= 0.6 is 0 Å². The van der Waals surface area contributed by atoms with Gasteiger partial charge in [-0.2, -0.15) is 0 Å². The zero-order valence-corrected chi connectivity index (χ0v) is 10.5. The fourth-order valence-electron chi connectivity index (χ4n) is 2.27. The van der Waals surface area contributed by atoms with Crippen molar-refractivity contribution in [2.24, 2.45) is 0 Å². The molecule has 0 spiro atoms. The number of nitrogens with zero attached hydrogens (tertiary/aromatic N) is 1. The molecule has 1 atom stereocenters. The molecule has 0 saturated carbocycles. The summed E-state index contributed by atoms with van der Waals surface area (Å²) in [4.78, 5) is 2.56. The molecule has 0 aromatic carbocycles. The van der Waals surface area contributed by atoms with Gasteiger partial charge in [0.1, 0.15) is 0 Å². The summed E-state index contributed by atoms with van der Waals surface area (Å²) in [6.45, 7) is 9.27. The van der Waals surface area contributed by atoms with Crippen LogP contribution in [0.4, 0.5) is 0 Å². The monoisotopic (exact) mass is 213 g/mol. The fourth-order valence-corrected chi connectivity index (χ4v) is 2.27. The lowest BCUT2D eigenvalue weighted by atomic mass is 10.1. The van der Waals surface area contributed by atoms with Crippen molar-refractivity contribution >= 4 is 0 Å². The topological polar surface area (TPSA) is 12.5 Å². The van der Waals surface area contributed by atoms with E-state index in [9.17, 15) is 0 Å². The maximum atomic E-state index is 5.86.